The zero-order valence-corrected chi connectivity index (χ0v) is 13.9. The van der Waals surface area contributed by atoms with Gasteiger partial charge in [0.05, 0.1) is 0 Å². The first-order valence-corrected chi connectivity index (χ1v) is 7.79. The van der Waals surface area contributed by atoms with Crippen LogP contribution in [0.4, 0.5) is 5.69 Å². The number of anilines is 1. The Hall–Kier alpha value is -2.89. The van der Waals surface area contributed by atoms with E-state index in [1.807, 2.05) is 16.8 Å². The number of benzene rings is 1. The van der Waals surface area contributed by atoms with E-state index in [4.69, 9.17) is 4.42 Å². The molecule has 2 aromatic heterocycles. The Morgan fingerprint density at radius 2 is 2.12 bits per heavy atom. The van der Waals surface area contributed by atoms with E-state index in [0.717, 1.165) is 16.8 Å². The molecule has 124 valence electrons. The Morgan fingerprint density at radius 1 is 1.33 bits per heavy atom. The number of carbonyl (C=O) groups excluding carboxylic acids is 1. The van der Waals surface area contributed by atoms with Gasteiger partial charge in [0, 0.05) is 55.0 Å². The smallest absolute Gasteiger partial charge is 0.336 e. The molecular weight excluding hydrogens is 306 g/mol. The van der Waals surface area contributed by atoms with Crippen molar-refractivity contribution in [3.63, 3.8) is 0 Å². The number of rotatable bonds is 4. The van der Waals surface area contributed by atoms with Gasteiger partial charge in [-0.15, -0.1) is 0 Å². The molecule has 24 heavy (non-hydrogen) atoms. The van der Waals surface area contributed by atoms with Gasteiger partial charge in [-0.2, -0.15) is 0 Å². The molecular formula is C18H19N3O3. The number of amides is 1. The van der Waals surface area contributed by atoms with Crippen LogP contribution in [0.25, 0.3) is 11.0 Å². The number of hydrogen-bond acceptors (Lipinski definition) is 4. The molecule has 0 radical (unpaired) electrons. The van der Waals surface area contributed by atoms with Crippen molar-refractivity contribution in [3.05, 3.63) is 58.5 Å². The predicted octanol–water partition coefficient (Wildman–Crippen LogP) is 3.12. The molecule has 6 heteroatoms. The van der Waals surface area contributed by atoms with E-state index in [1.165, 1.54) is 13.0 Å². The summed E-state index contributed by atoms with van der Waals surface area (Å²) in [7, 11) is 0. The lowest BCUT2D eigenvalue weighted by atomic mass is 10.1. The van der Waals surface area contributed by atoms with E-state index in [9.17, 15) is 9.59 Å². The molecule has 6 nitrogen and oxygen atoms in total. The van der Waals surface area contributed by atoms with Crippen LogP contribution in [0, 0.1) is 0 Å². The summed E-state index contributed by atoms with van der Waals surface area (Å²) in [5.74, 6) is 1.08. The van der Waals surface area contributed by atoms with Gasteiger partial charge in [-0.1, -0.05) is 13.8 Å². The van der Waals surface area contributed by atoms with Crippen LogP contribution in [0.15, 0.2) is 45.9 Å². The fraction of sp³-hybridized carbons (Fsp3) is 0.278. The lowest BCUT2D eigenvalue weighted by molar-refractivity contribution is -0.114. The van der Waals surface area contributed by atoms with Gasteiger partial charge >= 0.3 is 5.63 Å². The van der Waals surface area contributed by atoms with Gasteiger partial charge in [0.25, 0.3) is 0 Å². The molecule has 1 N–H and O–H groups in total. The fourth-order valence-corrected chi connectivity index (χ4v) is 2.78. The van der Waals surface area contributed by atoms with E-state index in [2.05, 4.69) is 24.1 Å². The maximum atomic E-state index is 11.9. The second-order valence-corrected chi connectivity index (χ2v) is 6.05. The summed E-state index contributed by atoms with van der Waals surface area (Å²) < 4.78 is 7.32. The van der Waals surface area contributed by atoms with Crippen molar-refractivity contribution in [3.8, 4) is 0 Å². The van der Waals surface area contributed by atoms with Crippen molar-refractivity contribution >= 4 is 22.6 Å². The topological polar surface area (TPSA) is 77.1 Å². The Bertz CT molecular complexity index is 954. The Balaban J connectivity index is 2.06. The summed E-state index contributed by atoms with van der Waals surface area (Å²) in [5.41, 5.74) is 1.50. The van der Waals surface area contributed by atoms with Crippen molar-refractivity contribution in [2.45, 2.75) is 33.2 Å². The van der Waals surface area contributed by atoms with Gasteiger partial charge in [0.1, 0.15) is 11.4 Å². The number of nitrogens with one attached hydrogen (secondary N) is 1. The zero-order chi connectivity index (χ0) is 17.3. The molecule has 1 aromatic carbocycles. The van der Waals surface area contributed by atoms with Crippen molar-refractivity contribution in [1.29, 1.82) is 0 Å². The van der Waals surface area contributed by atoms with Crippen LogP contribution in [-0.4, -0.2) is 15.5 Å². The Labute approximate surface area is 139 Å². The number of hydrogen-bond donors (Lipinski definition) is 1. The van der Waals surface area contributed by atoms with Crippen LogP contribution in [0.5, 0.6) is 0 Å². The highest BCUT2D eigenvalue weighted by atomic mass is 16.4. The second kappa shape index (κ2) is 6.31. The zero-order valence-electron chi connectivity index (χ0n) is 13.9. The average Bonchev–Trinajstić information content (AvgIpc) is 2.94. The monoisotopic (exact) mass is 325 g/mol. The van der Waals surface area contributed by atoms with Crippen LogP contribution < -0.4 is 10.9 Å². The van der Waals surface area contributed by atoms with Gasteiger partial charge in [-0.25, -0.2) is 9.78 Å². The fourth-order valence-electron chi connectivity index (χ4n) is 2.78. The summed E-state index contributed by atoms with van der Waals surface area (Å²) in [4.78, 5) is 27.5. The second-order valence-electron chi connectivity index (χ2n) is 6.05. The third-order valence-electron chi connectivity index (χ3n) is 3.76. The van der Waals surface area contributed by atoms with Crippen molar-refractivity contribution in [2.24, 2.45) is 0 Å². The van der Waals surface area contributed by atoms with Crippen LogP contribution in [0.2, 0.25) is 0 Å². The summed E-state index contributed by atoms with van der Waals surface area (Å²) >= 11 is 0. The van der Waals surface area contributed by atoms with Crippen LogP contribution in [0.1, 0.15) is 38.1 Å². The molecule has 0 unspecified atom stereocenters. The molecule has 1 amide bonds. The first kappa shape index (κ1) is 16.0. The highest BCUT2D eigenvalue weighted by molar-refractivity contribution is 5.92. The number of fused-ring (bicyclic) bond motifs is 1. The molecule has 0 spiro atoms. The predicted molar refractivity (Wildman–Crippen MR) is 92.2 cm³/mol. The van der Waals surface area contributed by atoms with Gasteiger partial charge in [0.2, 0.25) is 5.91 Å². The normalized spacial score (nSPS) is 11.2. The van der Waals surface area contributed by atoms with Gasteiger partial charge in [0.15, 0.2) is 0 Å². The van der Waals surface area contributed by atoms with E-state index in [-0.39, 0.29) is 11.8 Å². The molecule has 2 heterocycles. The minimum absolute atomic E-state index is 0.173. The SMILES string of the molecule is CC(=O)Nc1ccc2c(Cn3ccnc3C(C)C)cc(=O)oc2c1. The largest absolute Gasteiger partial charge is 0.423 e. The van der Waals surface area contributed by atoms with E-state index < -0.39 is 5.63 Å². The lowest BCUT2D eigenvalue weighted by Gasteiger charge is -2.12. The molecule has 0 saturated heterocycles. The molecule has 0 aliphatic rings. The minimum atomic E-state index is -0.413. The third-order valence-corrected chi connectivity index (χ3v) is 3.76. The maximum Gasteiger partial charge on any atom is 0.336 e. The number of nitrogens with zero attached hydrogens (tertiary/aromatic N) is 2. The quantitative estimate of drug-likeness (QED) is 0.748. The van der Waals surface area contributed by atoms with Crippen LogP contribution in [0.3, 0.4) is 0 Å². The van der Waals surface area contributed by atoms with Crippen LogP contribution >= 0.6 is 0 Å². The summed E-state index contributed by atoms with van der Waals surface area (Å²) in [6.45, 7) is 6.13. The van der Waals surface area contributed by atoms with E-state index in [1.54, 1.807) is 18.3 Å². The average molecular weight is 325 g/mol. The van der Waals surface area contributed by atoms with Gasteiger partial charge in [-0.3, -0.25) is 4.79 Å². The van der Waals surface area contributed by atoms with Crippen molar-refractivity contribution in [1.82, 2.24) is 9.55 Å². The first-order valence-electron chi connectivity index (χ1n) is 7.79. The summed E-state index contributed by atoms with van der Waals surface area (Å²) in [6, 6.07) is 6.82. The number of aromatic nitrogens is 2. The number of imidazole rings is 1. The molecule has 0 fully saturated rings. The highest BCUT2D eigenvalue weighted by Crippen LogP contribution is 2.23. The molecule has 3 rings (SSSR count). The Morgan fingerprint density at radius 3 is 2.83 bits per heavy atom. The summed E-state index contributed by atoms with van der Waals surface area (Å²) in [6.07, 6.45) is 3.67. The van der Waals surface area contributed by atoms with Crippen molar-refractivity contribution in [2.75, 3.05) is 5.32 Å². The van der Waals surface area contributed by atoms with Crippen LogP contribution in [-0.2, 0) is 11.3 Å². The standard InChI is InChI=1S/C18H19N3O3/c1-11(2)18-19-6-7-21(18)10-13-8-17(23)24-16-9-14(20-12(3)22)4-5-15(13)16/h4-9,11H,10H2,1-3H3,(H,20,22). The molecule has 0 aliphatic heterocycles. The lowest BCUT2D eigenvalue weighted by Crippen LogP contribution is -2.09. The Kier molecular flexibility index (Phi) is 4.20. The maximum absolute atomic E-state index is 11.9. The van der Waals surface area contributed by atoms with E-state index in [0.29, 0.717) is 17.8 Å². The minimum Gasteiger partial charge on any atom is -0.423 e. The molecule has 0 atom stereocenters. The molecule has 0 aliphatic carbocycles. The van der Waals surface area contributed by atoms with E-state index >= 15 is 0 Å². The number of carbonyl (C=O) groups is 1. The molecule has 0 bridgehead atoms. The third kappa shape index (κ3) is 3.22. The molecule has 3 aromatic rings. The van der Waals surface area contributed by atoms with Gasteiger partial charge < -0.3 is 14.3 Å². The molecule has 0 saturated carbocycles. The van der Waals surface area contributed by atoms with Gasteiger partial charge in [-0.05, 0) is 17.7 Å². The summed E-state index contributed by atoms with van der Waals surface area (Å²) in [5, 5.41) is 3.53. The first-order chi connectivity index (χ1) is 11.4. The highest BCUT2D eigenvalue weighted by Gasteiger charge is 2.11. The van der Waals surface area contributed by atoms with Crippen molar-refractivity contribution < 1.29 is 9.21 Å².